The molecule has 0 unspecified atom stereocenters. The van der Waals surface area contributed by atoms with Gasteiger partial charge in [0.25, 0.3) is 0 Å². The molecule has 0 radical (unpaired) electrons. The van der Waals surface area contributed by atoms with Gasteiger partial charge in [-0.25, -0.2) is 0 Å². The summed E-state index contributed by atoms with van der Waals surface area (Å²) < 4.78 is 5.50. The fourth-order valence-electron chi connectivity index (χ4n) is 2.32. The van der Waals surface area contributed by atoms with Crippen LogP contribution in [-0.4, -0.2) is 22.7 Å². The molecule has 2 aromatic carbocycles. The number of rotatable bonds is 7. The first-order chi connectivity index (χ1) is 13.1. The number of ether oxygens (including phenoxy) is 1. The molecule has 6 nitrogen and oxygen atoms in total. The number of halogens is 1. The van der Waals surface area contributed by atoms with Gasteiger partial charge in [0, 0.05) is 10.7 Å². The van der Waals surface area contributed by atoms with Crippen LogP contribution in [0.5, 0.6) is 5.75 Å². The molecule has 0 bridgehead atoms. The lowest BCUT2D eigenvalue weighted by Gasteiger charge is -2.09. The SMILES string of the molecule is Cc1ccc(Cl)cc1Nc1ccc(NC(=O)CCOc2ccccc2)nn1. The molecule has 0 aliphatic carbocycles. The minimum atomic E-state index is -0.188. The molecule has 0 spiro atoms. The molecule has 1 amide bonds. The van der Waals surface area contributed by atoms with Crippen LogP contribution >= 0.6 is 11.6 Å². The Hall–Kier alpha value is -3.12. The standard InChI is InChI=1S/C20H19ClN4O2/c1-14-7-8-15(21)13-17(14)22-18-9-10-19(25-24-18)23-20(26)11-12-27-16-5-3-2-4-6-16/h2-10,13H,11-12H2,1H3,(H,22,24)(H,23,25,26). The molecular formula is C20H19ClN4O2. The molecule has 3 rings (SSSR count). The summed E-state index contributed by atoms with van der Waals surface area (Å²) in [6.07, 6.45) is 0.221. The zero-order valence-corrected chi connectivity index (χ0v) is 15.5. The second-order valence-electron chi connectivity index (χ2n) is 5.85. The minimum Gasteiger partial charge on any atom is -0.493 e. The number of carbonyl (C=O) groups excluding carboxylic acids is 1. The predicted octanol–water partition coefficient (Wildman–Crippen LogP) is 4.59. The van der Waals surface area contributed by atoms with Crippen LogP contribution in [0.15, 0.2) is 60.7 Å². The number of para-hydroxylation sites is 1. The summed E-state index contributed by atoms with van der Waals surface area (Å²) >= 11 is 6.01. The van der Waals surface area contributed by atoms with E-state index in [1.807, 2.05) is 55.5 Å². The molecule has 1 aromatic heterocycles. The van der Waals surface area contributed by atoms with Crippen molar-refractivity contribution in [2.45, 2.75) is 13.3 Å². The summed E-state index contributed by atoms with van der Waals surface area (Å²) in [6.45, 7) is 2.26. The molecule has 3 aromatic rings. The second kappa shape index (κ2) is 9.00. The summed E-state index contributed by atoms with van der Waals surface area (Å²) in [7, 11) is 0. The third-order valence-electron chi connectivity index (χ3n) is 3.74. The Morgan fingerprint density at radius 1 is 1.04 bits per heavy atom. The smallest absolute Gasteiger partial charge is 0.229 e. The van der Waals surface area contributed by atoms with E-state index in [1.165, 1.54) is 0 Å². The average molecular weight is 383 g/mol. The summed E-state index contributed by atoms with van der Waals surface area (Å²) in [4.78, 5) is 12.0. The van der Waals surface area contributed by atoms with Gasteiger partial charge in [0.15, 0.2) is 11.6 Å². The van der Waals surface area contributed by atoms with Crippen LogP contribution in [0.4, 0.5) is 17.3 Å². The molecule has 27 heavy (non-hydrogen) atoms. The number of nitrogens with zero attached hydrogens (tertiary/aromatic N) is 2. The Morgan fingerprint density at radius 3 is 2.52 bits per heavy atom. The average Bonchev–Trinajstić information content (AvgIpc) is 2.67. The zero-order chi connectivity index (χ0) is 19.1. The van der Waals surface area contributed by atoms with Crippen LogP contribution in [0.3, 0.4) is 0 Å². The van der Waals surface area contributed by atoms with Gasteiger partial charge in [-0.3, -0.25) is 4.79 Å². The maximum Gasteiger partial charge on any atom is 0.229 e. The van der Waals surface area contributed by atoms with Crippen LogP contribution in [0.25, 0.3) is 0 Å². The van der Waals surface area contributed by atoms with Crippen LogP contribution in [-0.2, 0) is 4.79 Å². The fourth-order valence-corrected chi connectivity index (χ4v) is 2.49. The topological polar surface area (TPSA) is 76.1 Å². The number of benzene rings is 2. The molecule has 0 saturated carbocycles. The molecule has 2 N–H and O–H groups in total. The maximum atomic E-state index is 12.0. The predicted molar refractivity (Wildman–Crippen MR) is 107 cm³/mol. The van der Waals surface area contributed by atoms with Crippen molar-refractivity contribution < 1.29 is 9.53 Å². The summed E-state index contributed by atoms with van der Waals surface area (Å²) in [5.41, 5.74) is 1.89. The van der Waals surface area contributed by atoms with Crippen LogP contribution in [0.1, 0.15) is 12.0 Å². The van der Waals surface area contributed by atoms with Gasteiger partial charge in [0.2, 0.25) is 5.91 Å². The highest BCUT2D eigenvalue weighted by molar-refractivity contribution is 6.30. The molecule has 0 aliphatic rings. The van der Waals surface area contributed by atoms with Crippen LogP contribution in [0.2, 0.25) is 5.02 Å². The molecule has 0 fully saturated rings. The quantitative estimate of drug-likeness (QED) is 0.625. The summed E-state index contributed by atoms with van der Waals surface area (Å²) in [5.74, 6) is 1.49. The first-order valence-electron chi connectivity index (χ1n) is 8.45. The third kappa shape index (κ3) is 5.69. The highest BCUT2D eigenvalue weighted by atomic mass is 35.5. The highest BCUT2D eigenvalue weighted by Gasteiger charge is 2.06. The van der Waals surface area contributed by atoms with Crippen molar-refractivity contribution in [3.63, 3.8) is 0 Å². The fraction of sp³-hybridized carbons (Fsp3) is 0.150. The highest BCUT2D eigenvalue weighted by Crippen LogP contribution is 2.23. The Kier molecular flexibility index (Phi) is 6.22. The van der Waals surface area contributed by atoms with Crippen LogP contribution in [0, 0.1) is 6.92 Å². The van der Waals surface area contributed by atoms with E-state index in [4.69, 9.17) is 16.3 Å². The van der Waals surface area contributed by atoms with Gasteiger partial charge in [-0.1, -0.05) is 35.9 Å². The van der Waals surface area contributed by atoms with Gasteiger partial charge in [0.1, 0.15) is 5.75 Å². The lowest BCUT2D eigenvalue weighted by molar-refractivity contribution is -0.116. The van der Waals surface area contributed by atoms with E-state index < -0.39 is 0 Å². The number of aryl methyl sites for hydroxylation is 1. The van der Waals surface area contributed by atoms with E-state index in [0.717, 1.165) is 17.0 Å². The minimum absolute atomic E-state index is 0.188. The number of amides is 1. The summed E-state index contributed by atoms with van der Waals surface area (Å²) in [5, 5.41) is 14.6. The van der Waals surface area contributed by atoms with E-state index in [9.17, 15) is 4.79 Å². The van der Waals surface area contributed by atoms with E-state index in [2.05, 4.69) is 20.8 Å². The van der Waals surface area contributed by atoms with Gasteiger partial charge in [-0.2, -0.15) is 0 Å². The van der Waals surface area contributed by atoms with Crippen molar-refractivity contribution in [1.29, 1.82) is 0 Å². The van der Waals surface area contributed by atoms with Crippen molar-refractivity contribution in [2.24, 2.45) is 0 Å². The van der Waals surface area contributed by atoms with Crippen molar-refractivity contribution in [3.05, 3.63) is 71.2 Å². The third-order valence-corrected chi connectivity index (χ3v) is 3.97. The maximum absolute atomic E-state index is 12.0. The number of nitrogens with one attached hydrogen (secondary N) is 2. The van der Waals surface area contributed by atoms with Crippen LogP contribution < -0.4 is 15.4 Å². The number of hydrogen-bond donors (Lipinski definition) is 2. The Labute approximate surface area is 162 Å². The van der Waals surface area contributed by atoms with Crippen molar-refractivity contribution in [3.8, 4) is 5.75 Å². The van der Waals surface area contributed by atoms with Gasteiger partial charge >= 0.3 is 0 Å². The molecule has 0 atom stereocenters. The molecule has 0 aliphatic heterocycles. The van der Waals surface area contributed by atoms with E-state index in [-0.39, 0.29) is 18.9 Å². The van der Waals surface area contributed by atoms with Gasteiger partial charge < -0.3 is 15.4 Å². The number of aromatic nitrogens is 2. The Balaban J connectivity index is 1.49. The normalized spacial score (nSPS) is 10.3. The molecule has 1 heterocycles. The first kappa shape index (κ1) is 18.7. The van der Waals surface area contributed by atoms with E-state index in [1.54, 1.807) is 12.1 Å². The summed E-state index contributed by atoms with van der Waals surface area (Å²) in [6, 6.07) is 18.3. The van der Waals surface area contributed by atoms with E-state index in [0.29, 0.717) is 16.7 Å². The number of hydrogen-bond acceptors (Lipinski definition) is 5. The number of anilines is 3. The van der Waals surface area contributed by atoms with Gasteiger partial charge in [-0.15, -0.1) is 10.2 Å². The number of carbonyl (C=O) groups is 1. The van der Waals surface area contributed by atoms with Gasteiger partial charge in [0.05, 0.1) is 13.0 Å². The largest absolute Gasteiger partial charge is 0.493 e. The molecule has 7 heteroatoms. The van der Waals surface area contributed by atoms with E-state index >= 15 is 0 Å². The lowest BCUT2D eigenvalue weighted by Crippen LogP contribution is -2.16. The zero-order valence-electron chi connectivity index (χ0n) is 14.8. The second-order valence-corrected chi connectivity index (χ2v) is 6.28. The van der Waals surface area contributed by atoms with Crippen molar-refractivity contribution in [1.82, 2.24) is 10.2 Å². The molecule has 138 valence electrons. The van der Waals surface area contributed by atoms with Gasteiger partial charge in [-0.05, 0) is 48.9 Å². The van der Waals surface area contributed by atoms with Crippen molar-refractivity contribution in [2.75, 3.05) is 17.2 Å². The first-order valence-corrected chi connectivity index (χ1v) is 8.82. The van der Waals surface area contributed by atoms with Crippen molar-refractivity contribution >= 4 is 34.8 Å². The monoisotopic (exact) mass is 382 g/mol. The lowest BCUT2D eigenvalue weighted by atomic mass is 10.2. The Morgan fingerprint density at radius 2 is 1.78 bits per heavy atom. The Bertz CT molecular complexity index is 902. The molecular weight excluding hydrogens is 364 g/mol. The molecule has 0 saturated heterocycles.